The zero-order chi connectivity index (χ0) is 22.4. The van der Waals surface area contributed by atoms with Crippen LogP contribution in [0.4, 0.5) is 0 Å². The van der Waals surface area contributed by atoms with Crippen molar-refractivity contribution in [1.29, 1.82) is 0 Å². The van der Waals surface area contributed by atoms with Crippen molar-refractivity contribution in [2.45, 2.75) is 63.2 Å². The molecule has 1 aromatic rings. The lowest BCUT2D eigenvalue weighted by molar-refractivity contribution is -0.139. The second-order valence-corrected chi connectivity index (χ2v) is 8.45. The summed E-state index contributed by atoms with van der Waals surface area (Å²) in [5, 5.41) is 9.89. The van der Waals surface area contributed by atoms with Gasteiger partial charge < -0.3 is 20.0 Å². The van der Waals surface area contributed by atoms with E-state index in [9.17, 15) is 14.4 Å². The second kappa shape index (κ2) is 14.8. The highest BCUT2D eigenvalue weighted by Crippen LogP contribution is 2.43. The third-order valence-corrected chi connectivity index (χ3v) is 6.10. The van der Waals surface area contributed by atoms with Crippen LogP contribution in [0.25, 0.3) is 0 Å². The number of thioether (sulfide) groups is 1. The molecule has 0 aromatic heterocycles. The van der Waals surface area contributed by atoms with Gasteiger partial charge in [0.1, 0.15) is 6.29 Å². The van der Waals surface area contributed by atoms with Gasteiger partial charge in [0.15, 0.2) is 0 Å². The van der Waals surface area contributed by atoms with Gasteiger partial charge in [-0.15, -0.1) is 11.8 Å². The molecule has 0 saturated carbocycles. The number of carbonyl (C=O) groups excluding carboxylic acids is 3. The second-order valence-electron chi connectivity index (χ2n) is 7.02. The largest absolute Gasteiger partial charge is 0.469 e. The molecule has 0 saturated heterocycles. The Morgan fingerprint density at radius 2 is 2.00 bits per heavy atom. The molecule has 1 amide bonds. The summed E-state index contributed by atoms with van der Waals surface area (Å²) in [6.45, 7) is 1.96. The number of methoxy groups -OCH3 is 1. The van der Waals surface area contributed by atoms with Crippen molar-refractivity contribution in [3.8, 4) is 0 Å². The van der Waals surface area contributed by atoms with Crippen molar-refractivity contribution in [2.24, 2.45) is 0 Å². The van der Waals surface area contributed by atoms with E-state index >= 15 is 0 Å². The van der Waals surface area contributed by atoms with Crippen LogP contribution in [0.15, 0.2) is 40.8 Å². The van der Waals surface area contributed by atoms with Crippen LogP contribution >= 0.6 is 11.8 Å². The summed E-state index contributed by atoms with van der Waals surface area (Å²) in [4.78, 5) is 35.4. The first-order valence-electron chi connectivity index (χ1n) is 10.2. The molecule has 0 radical (unpaired) electrons. The Balaban J connectivity index is 0.00000218. The molecule has 2 unspecified atom stereocenters. The maximum atomic E-state index is 12.0. The summed E-state index contributed by atoms with van der Waals surface area (Å²) in [6, 6.07) is 10.4. The van der Waals surface area contributed by atoms with Crippen LogP contribution in [-0.2, 0) is 19.1 Å². The van der Waals surface area contributed by atoms with Crippen molar-refractivity contribution in [3.63, 3.8) is 0 Å². The Kier molecular flexibility index (Phi) is 12.8. The van der Waals surface area contributed by atoms with Gasteiger partial charge in [0.25, 0.3) is 0 Å². The molecule has 0 heterocycles. The van der Waals surface area contributed by atoms with E-state index in [0.29, 0.717) is 31.6 Å². The maximum absolute atomic E-state index is 12.0. The van der Waals surface area contributed by atoms with E-state index in [2.05, 4.69) is 29.6 Å². The van der Waals surface area contributed by atoms with E-state index in [0.717, 1.165) is 38.2 Å². The van der Waals surface area contributed by atoms with Gasteiger partial charge in [-0.3, -0.25) is 9.59 Å². The summed E-state index contributed by atoms with van der Waals surface area (Å²) in [5.74, 6) is 0.143. The molecule has 166 valence electrons. The molecule has 1 aliphatic carbocycles. The molecule has 6 nitrogen and oxygen atoms in total. The predicted molar refractivity (Wildman–Crippen MR) is 120 cm³/mol. The van der Waals surface area contributed by atoms with Crippen molar-refractivity contribution in [1.82, 2.24) is 5.32 Å². The number of rotatable bonds is 10. The molecule has 2 N–H and O–H groups in total. The molecule has 0 aliphatic heterocycles. The number of aliphatic hydroxyl groups is 1. The number of esters is 1. The number of aliphatic hydroxyl groups excluding tert-OH is 1. The Labute approximate surface area is 183 Å². The number of aldehydes is 1. The van der Waals surface area contributed by atoms with Gasteiger partial charge in [0.05, 0.1) is 18.9 Å². The summed E-state index contributed by atoms with van der Waals surface area (Å²) in [7, 11) is 2.41. The number of unbranched alkanes of at least 4 members (excludes halogenated alkanes) is 1. The SMILES string of the molecule is CO.COC(=O)CC1=C(SC(C)NC(=O)CCCC=O)CC(c2ccccc2)CC1. The van der Waals surface area contributed by atoms with Gasteiger partial charge in [-0.2, -0.15) is 0 Å². The van der Waals surface area contributed by atoms with Gasteiger partial charge in [-0.25, -0.2) is 0 Å². The third-order valence-electron chi connectivity index (χ3n) is 4.89. The van der Waals surface area contributed by atoms with Crippen molar-refractivity contribution in [3.05, 3.63) is 46.4 Å². The predicted octanol–water partition coefficient (Wildman–Crippen LogP) is 3.94. The van der Waals surface area contributed by atoms with Gasteiger partial charge in [-0.1, -0.05) is 30.3 Å². The summed E-state index contributed by atoms with van der Waals surface area (Å²) < 4.78 is 4.86. The average Bonchev–Trinajstić information content (AvgIpc) is 2.77. The van der Waals surface area contributed by atoms with Crippen LogP contribution in [0.3, 0.4) is 0 Å². The smallest absolute Gasteiger partial charge is 0.309 e. The lowest BCUT2D eigenvalue weighted by Crippen LogP contribution is -2.30. The van der Waals surface area contributed by atoms with Crippen LogP contribution in [0.1, 0.15) is 63.4 Å². The zero-order valence-corrected chi connectivity index (χ0v) is 18.9. The molecule has 2 rings (SSSR count). The number of amides is 1. The maximum Gasteiger partial charge on any atom is 0.309 e. The Bertz CT molecular complexity index is 705. The third kappa shape index (κ3) is 9.13. The fourth-order valence-electron chi connectivity index (χ4n) is 3.42. The summed E-state index contributed by atoms with van der Waals surface area (Å²) in [6.07, 6.45) is 5.20. The molecule has 7 heteroatoms. The van der Waals surface area contributed by atoms with Gasteiger partial charge >= 0.3 is 5.97 Å². The van der Waals surface area contributed by atoms with E-state index in [4.69, 9.17) is 9.84 Å². The first kappa shape index (κ1) is 25.9. The molecule has 0 spiro atoms. The van der Waals surface area contributed by atoms with Crippen molar-refractivity contribution in [2.75, 3.05) is 14.2 Å². The van der Waals surface area contributed by atoms with E-state index in [1.54, 1.807) is 11.8 Å². The van der Waals surface area contributed by atoms with Gasteiger partial charge in [-0.05, 0) is 54.6 Å². The number of ether oxygens (including phenoxy) is 1. The van der Waals surface area contributed by atoms with Crippen LogP contribution in [-0.4, -0.2) is 42.9 Å². The molecule has 0 fully saturated rings. The standard InChI is InChI=1S/C22H29NO4S.CH4O/c1-16(23-21(25)10-6-7-13-24)28-20-14-18(17-8-4-3-5-9-17)11-12-19(20)15-22(26)27-2;1-2/h3-5,8-9,13,16,18H,6-7,10-12,14-15H2,1-2H3,(H,23,25);2H,1H3. The molecule has 1 aromatic carbocycles. The van der Waals surface area contributed by atoms with Crippen LogP contribution in [0.2, 0.25) is 0 Å². The quantitative estimate of drug-likeness (QED) is 0.250. The number of nitrogens with one attached hydrogen (secondary N) is 1. The van der Waals surface area contributed by atoms with Crippen LogP contribution in [0.5, 0.6) is 0 Å². The zero-order valence-electron chi connectivity index (χ0n) is 18.1. The monoisotopic (exact) mass is 435 g/mol. The molecular formula is C23H33NO5S. The minimum atomic E-state index is -0.225. The van der Waals surface area contributed by atoms with Gasteiger partial charge in [0, 0.05) is 20.0 Å². The van der Waals surface area contributed by atoms with Crippen molar-refractivity contribution < 1.29 is 24.2 Å². The fourth-order valence-corrected chi connectivity index (χ4v) is 4.68. The van der Waals surface area contributed by atoms with E-state index in [1.807, 2.05) is 13.0 Å². The van der Waals surface area contributed by atoms with E-state index < -0.39 is 0 Å². The number of allylic oxidation sites excluding steroid dienone is 1. The van der Waals surface area contributed by atoms with E-state index in [1.165, 1.54) is 17.6 Å². The number of benzene rings is 1. The van der Waals surface area contributed by atoms with Gasteiger partial charge in [0.2, 0.25) is 5.91 Å². The summed E-state index contributed by atoms with van der Waals surface area (Å²) in [5.41, 5.74) is 2.43. The topological polar surface area (TPSA) is 92.7 Å². The summed E-state index contributed by atoms with van der Waals surface area (Å²) >= 11 is 1.62. The number of hydrogen-bond donors (Lipinski definition) is 2. The minimum Gasteiger partial charge on any atom is -0.469 e. The fraction of sp³-hybridized carbons (Fsp3) is 0.522. The lowest BCUT2D eigenvalue weighted by atomic mass is 9.83. The first-order valence-corrected chi connectivity index (χ1v) is 11.1. The van der Waals surface area contributed by atoms with Crippen LogP contribution in [0, 0.1) is 0 Å². The first-order chi connectivity index (χ1) is 14.5. The highest BCUT2D eigenvalue weighted by atomic mass is 32.2. The number of carbonyl (C=O) groups is 3. The Morgan fingerprint density at radius 3 is 2.63 bits per heavy atom. The molecular weight excluding hydrogens is 402 g/mol. The highest BCUT2D eigenvalue weighted by Gasteiger charge is 2.25. The van der Waals surface area contributed by atoms with Crippen molar-refractivity contribution >= 4 is 29.9 Å². The molecule has 30 heavy (non-hydrogen) atoms. The lowest BCUT2D eigenvalue weighted by Gasteiger charge is -2.29. The Morgan fingerprint density at radius 1 is 1.30 bits per heavy atom. The minimum absolute atomic E-state index is 0.0487. The number of hydrogen-bond acceptors (Lipinski definition) is 6. The Hall–Kier alpha value is -2.12. The molecule has 2 atom stereocenters. The highest BCUT2D eigenvalue weighted by molar-refractivity contribution is 8.03. The average molecular weight is 436 g/mol. The van der Waals surface area contributed by atoms with E-state index in [-0.39, 0.29) is 17.3 Å². The normalized spacial score (nSPS) is 16.7. The molecule has 1 aliphatic rings. The molecule has 0 bridgehead atoms. The van der Waals surface area contributed by atoms with Crippen LogP contribution < -0.4 is 5.32 Å².